The highest BCUT2D eigenvalue weighted by Gasteiger charge is 2.14. The average Bonchev–Trinajstić information content (AvgIpc) is 3.14. The monoisotopic (exact) mass is 380 g/mol. The van der Waals surface area contributed by atoms with Gasteiger partial charge < -0.3 is 20.1 Å². The zero-order chi connectivity index (χ0) is 20.1. The van der Waals surface area contributed by atoms with Gasteiger partial charge in [-0.3, -0.25) is 14.3 Å². The van der Waals surface area contributed by atoms with Crippen molar-refractivity contribution in [3.8, 4) is 11.5 Å². The van der Waals surface area contributed by atoms with Gasteiger partial charge in [0.2, 0.25) is 0 Å². The van der Waals surface area contributed by atoms with Crippen LogP contribution in [-0.2, 0) is 7.05 Å². The highest BCUT2D eigenvalue weighted by Crippen LogP contribution is 2.28. The molecule has 8 heteroatoms. The number of rotatable bonds is 6. The normalized spacial score (nSPS) is 10.2. The number of hydrogen-bond acceptors (Lipinski definition) is 5. The first-order chi connectivity index (χ1) is 13.5. The van der Waals surface area contributed by atoms with Crippen molar-refractivity contribution >= 4 is 23.2 Å². The molecule has 2 amide bonds. The van der Waals surface area contributed by atoms with E-state index in [0.29, 0.717) is 34.1 Å². The summed E-state index contributed by atoms with van der Waals surface area (Å²) in [5, 5.41) is 9.56. The number of aryl methyl sites for hydroxylation is 1. The number of hydrogen-bond donors (Lipinski definition) is 2. The zero-order valence-electron chi connectivity index (χ0n) is 15.7. The van der Waals surface area contributed by atoms with E-state index in [1.165, 1.54) is 11.8 Å². The van der Waals surface area contributed by atoms with Crippen LogP contribution in [0, 0.1) is 0 Å². The summed E-state index contributed by atoms with van der Waals surface area (Å²) < 4.78 is 11.9. The number of carbonyl (C=O) groups is 2. The summed E-state index contributed by atoms with van der Waals surface area (Å²) in [7, 11) is 4.75. The molecule has 0 saturated heterocycles. The summed E-state index contributed by atoms with van der Waals surface area (Å²) in [6, 6.07) is 13.3. The van der Waals surface area contributed by atoms with Gasteiger partial charge in [-0.25, -0.2) is 0 Å². The number of nitrogens with one attached hydrogen (secondary N) is 2. The molecule has 0 fully saturated rings. The van der Waals surface area contributed by atoms with Crippen LogP contribution in [0.4, 0.5) is 11.4 Å². The van der Waals surface area contributed by atoms with Crippen molar-refractivity contribution in [2.75, 3.05) is 24.9 Å². The van der Waals surface area contributed by atoms with Crippen molar-refractivity contribution < 1.29 is 19.1 Å². The molecule has 0 radical (unpaired) electrons. The van der Waals surface area contributed by atoms with E-state index < -0.39 is 0 Å². The first-order valence-corrected chi connectivity index (χ1v) is 8.44. The minimum Gasteiger partial charge on any atom is -0.497 e. The van der Waals surface area contributed by atoms with Gasteiger partial charge in [0.15, 0.2) is 0 Å². The summed E-state index contributed by atoms with van der Waals surface area (Å²) in [5.41, 5.74) is 1.83. The van der Waals surface area contributed by atoms with Gasteiger partial charge in [0.1, 0.15) is 17.2 Å². The molecule has 0 aliphatic heterocycles. The van der Waals surface area contributed by atoms with Crippen molar-refractivity contribution in [2.24, 2.45) is 7.05 Å². The number of anilines is 2. The molecule has 0 saturated carbocycles. The van der Waals surface area contributed by atoms with Crippen LogP contribution in [0.15, 0.2) is 54.7 Å². The predicted molar refractivity (Wildman–Crippen MR) is 105 cm³/mol. The lowest BCUT2D eigenvalue weighted by molar-refractivity contribution is 0.101. The van der Waals surface area contributed by atoms with E-state index in [0.717, 1.165) is 0 Å². The van der Waals surface area contributed by atoms with Crippen molar-refractivity contribution in [3.63, 3.8) is 0 Å². The summed E-state index contributed by atoms with van der Waals surface area (Å²) in [6.07, 6.45) is 1.55. The first kappa shape index (κ1) is 19.0. The fourth-order valence-electron chi connectivity index (χ4n) is 2.61. The SMILES string of the molecule is COc1ccc(C(=O)Nc2cc(NC(=O)c3ccnn3C)ccc2OC)cc1. The Morgan fingerprint density at radius 1 is 0.929 bits per heavy atom. The molecular formula is C20H20N4O4. The summed E-state index contributed by atoms with van der Waals surface area (Å²) >= 11 is 0. The number of ether oxygens (including phenoxy) is 2. The summed E-state index contributed by atoms with van der Waals surface area (Å²) in [5.74, 6) is 0.517. The fraction of sp³-hybridized carbons (Fsp3) is 0.150. The van der Waals surface area contributed by atoms with Crippen LogP contribution < -0.4 is 20.1 Å². The Labute approximate surface area is 162 Å². The second kappa shape index (κ2) is 8.26. The lowest BCUT2D eigenvalue weighted by Gasteiger charge is -2.13. The van der Waals surface area contributed by atoms with Crippen LogP contribution in [0.3, 0.4) is 0 Å². The summed E-state index contributed by atoms with van der Waals surface area (Å²) in [6.45, 7) is 0. The second-order valence-electron chi connectivity index (χ2n) is 5.89. The van der Waals surface area contributed by atoms with E-state index >= 15 is 0 Å². The molecule has 3 aromatic rings. The van der Waals surface area contributed by atoms with Crippen LogP contribution in [0.5, 0.6) is 11.5 Å². The Balaban J connectivity index is 1.79. The Hall–Kier alpha value is -3.81. The minimum absolute atomic E-state index is 0.308. The Bertz CT molecular complexity index is 996. The third-order valence-electron chi connectivity index (χ3n) is 4.11. The van der Waals surface area contributed by atoms with Gasteiger partial charge in [-0.05, 0) is 48.5 Å². The number of nitrogens with zero attached hydrogens (tertiary/aromatic N) is 2. The number of methoxy groups -OCH3 is 2. The van der Waals surface area contributed by atoms with E-state index in [1.807, 2.05) is 0 Å². The molecule has 0 atom stereocenters. The molecule has 144 valence electrons. The van der Waals surface area contributed by atoms with E-state index in [-0.39, 0.29) is 11.8 Å². The Morgan fingerprint density at radius 3 is 2.29 bits per heavy atom. The number of carbonyl (C=O) groups excluding carboxylic acids is 2. The third kappa shape index (κ3) is 4.12. The van der Waals surface area contributed by atoms with Crippen LogP contribution in [0.2, 0.25) is 0 Å². The van der Waals surface area contributed by atoms with Gasteiger partial charge in [-0.2, -0.15) is 5.10 Å². The minimum atomic E-state index is -0.309. The number of benzene rings is 2. The molecule has 2 N–H and O–H groups in total. The topological polar surface area (TPSA) is 94.5 Å². The highest BCUT2D eigenvalue weighted by atomic mass is 16.5. The number of amides is 2. The molecule has 28 heavy (non-hydrogen) atoms. The predicted octanol–water partition coefficient (Wildman–Crippen LogP) is 2.94. The summed E-state index contributed by atoms with van der Waals surface area (Å²) in [4.78, 5) is 24.9. The standard InChI is InChI=1S/C20H20N4O4/c1-24-17(10-11-21-24)20(26)22-14-6-9-18(28-3)16(12-14)23-19(25)13-4-7-15(27-2)8-5-13/h4-12H,1-3H3,(H,22,26)(H,23,25). The van der Waals surface area contributed by atoms with Gasteiger partial charge >= 0.3 is 0 Å². The van der Waals surface area contributed by atoms with Crippen LogP contribution in [-0.4, -0.2) is 35.8 Å². The largest absolute Gasteiger partial charge is 0.497 e. The molecule has 0 bridgehead atoms. The van der Waals surface area contributed by atoms with Gasteiger partial charge in [0.25, 0.3) is 11.8 Å². The van der Waals surface area contributed by atoms with E-state index in [2.05, 4.69) is 15.7 Å². The molecule has 1 aromatic heterocycles. The van der Waals surface area contributed by atoms with E-state index in [9.17, 15) is 9.59 Å². The van der Waals surface area contributed by atoms with Crippen molar-refractivity contribution in [3.05, 3.63) is 66.0 Å². The Morgan fingerprint density at radius 2 is 1.68 bits per heavy atom. The molecule has 3 rings (SSSR count). The third-order valence-corrected chi connectivity index (χ3v) is 4.11. The maximum Gasteiger partial charge on any atom is 0.273 e. The molecule has 8 nitrogen and oxygen atoms in total. The lowest BCUT2D eigenvalue weighted by Crippen LogP contribution is -2.17. The van der Waals surface area contributed by atoms with E-state index in [1.54, 1.807) is 68.9 Å². The van der Waals surface area contributed by atoms with Gasteiger partial charge in [0.05, 0.1) is 19.9 Å². The zero-order valence-corrected chi connectivity index (χ0v) is 15.7. The van der Waals surface area contributed by atoms with Gasteiger partial charge in [-0.15, -0.1) is 0 Å². The van der Waals surface area contributed by atoms with E-state index in [4.69, 9.17) is 9.47 Å². The van der Waals surface area contributed by atoms with Gasteiger partial charge in [0, 0.05) is 24.5 Å². The molecule has 0 unspecified atom stereocenters. The first-order valence-electron chi connectivity index (χ1n) is 8.44. The van der Waals surface area contributed by atoms with Crippen molar-refractivity contribution in [2.45, 2.75) is 0 Å². The van der Waals surface area contributed by atoms with Gasteiger partial charge in [-0.1, -0.05) is 0 Å². The van der Waals surface area contributed by atoms with Crippen molar-refractivity contribution in [1.29, 1.82) is 0 Å². The maximum absolute atomic E-state index is 12.5. The van der Waals surface area contributed by atoms with Crippen LogP contribution in [0.25, 0.3) is 0 Å². The molecule has 0 spiro atoms. The highest BCUT2D eigenvalue weighted by molar-refractivity contribution is 6.06. The molecule has 2 aromatic carbocycles. The number of aromatic nitrogens is 2. The molecule has 1 heterocycles. The second-order valence-corrected chi connectivity index (χ2v) is 5.89. The van der Waals surface area contributed by atoms with Crippen molar-refractivity contribution in [1.82, 2.24) is 9.78 Å². The quantitative estimate of drug-likeness (QED) is 0.686. The van der Waals surface area contributed by atoms with Crippen LogP contribution in [0.1, 0.15) is 20.8 Å². The molecular weight excluding hydrogens is 360 g/mol. The lowest BCUT2D eigenvalue weighted by atomic mass is 10.2. The fourth-order valence-corrected chi connectivity index (χ4v) is 2.61. The van der Waals surface area contributed by atoms with Crippen LogP contribution >= 0.6 is 0 Å². The average molecular weight is 380 g/mol. The smallest absolute Gasteiger partial charge is 0.273 e. The molecule has 0 aliphatic carbocycles. The molecule has 0 aliphatic rings. The Kier molecular flexibility index (Phi) is 5.59. The maximum atomic E-state index is 12.5.